The van der Waals surface area contributed by atoms with Crippen molar-refractivity contribution in [2.45, 2.75) is 322 Å². The van der Waals surface area contributed by atoms with Gasteiger partial charge in [-0.1, -0.05) is 256 Å². The fourth-order valence-corrected chi connectivity index (χ4v) is 8.65. The molecule has 1 atom stereocenters. The van der Waals surface area contributed by atoms with E-state index in [0.29, 0.717) is 19.3 Å². The summed E-state index contributed by atoms with van der Waals surface area (Å²) in [7, 11) is 0. The molecule has 0 bridgehead atoms. The predicted octanol–water partition coefficient (Wildman–Crippen LogP) is 19.7. The van der Waals surface area contributed by atoms with Gasteiger partial charge in [0.2, 0.25) is 0 Å². The third-order valence-electron chi connectivity index (χ3n) is 13.1. The summed E-state index contributed by atoms with van der Waals surface area (Å²) in [6, 6.07) is 0. The van der Waals surface area contributed by atoms with Crippen LogP contribution in [0.3, 0.4) is 0 Å². The number of ether oxygens (including phenoxy) is 3. The molecule has 0 spiro atoms. The monoisotopic (exact) mass is 941 g/mol. The lowest BCUT2D eigenvalue weighted by atomic mass is 10.0. The molecule has 1 unspecified atom stereocenters. The fraction of sp³-hybridized carbons (Fsp3) is 0.852. The van der Waals surface area contributed by atoms with Crippen LogP contribution in [-0.2, 0) is 28.6 Å². The van der Waals surface area contributed by atoms with Crippen LogP contribution >= 0.6 is 0 Å². The zero-order valence-electron chi connectivity index (χ0n) is 44.9. The maximum absolute atomic E-state index is 12.8. The number of carbonyl (C=O) groups excluding carboxylic acids is 3. The Bertz CT molecular complexity index is 1130. The standard InChI is InChI=1S/C61H112O6/c1-4-7-10-13-16-18-20-22-24-26-28-29-30-31-33-34-36-38-40-42-45-48-51-54-60(63)66-57-58(56-65-59(62)53-50-47-44-15-12-9-6-3)67-61(64)55-52-49-46-43-41-39-37-35-32-27-25-23-21-19-17-14-11-8-5-2/h20,22-23,25-26,28,58H,4-19,21,24,27,29-57H2,1-3H3/b22-20-,25-23-,28-26-. The Morgan fingerprint density at radius 1 is 0.299 bits per heavy atom. The number of esters is 3. The number of carbonyl (C=O) groups is 3. The SMILES string of the molecule is CCCCCCC/C=C\C/C=C\CCCCCCCCCCCCCC(=O)OCC(COC(=O)CCCCCCCCC)OC(=O)CCCCCCCCCCC/C=C\CCCCCCCC. The Balaban J connectivity index is 4.15. The molecule has 6 heteroatoms. The zero-order valence-corrected chi connectivity index (χ0v) is 44.9. The fourth-order valence-electron chi connectivity index (χ4n) is 8.65. The van der Waals surface area contributed by atoms with E-state index in [9.17, 15) is 14.4 Å². The van der Waals surface area contributed by atoms with Gasteiger partial charge in [-0.3, -0.25) is 14.4 Å². The van der Waals surface area contributed by atoms with Gasteiger partial charge in [0.1, 0.15) is 13.2 Å². The Morgan fingerprint density at radius 3 is 0.836 bits per heavy atom. The quantitative estimate of drug-likeness (QED) is 0.0262. The summed E-state index contributed by atoms with van der Waals surface area (Å²) in [6.07, 6.45) is 67.3. The van der Waals surface area contributed by atoms with Crippen LogP contribution in [0.5, 0.6) is 0 Å². The maximum Gasteiger partial charge on any atom is 0.306 e. The second-order valence-electron chi connectivity index (χ2n) is 19.9. The molecule has 0 aromatic heterocycles. The Kier molecular flexibility index (Phi) is 54.2. The molecule has 0 aliphatic carbocycles. The molecule has 67 heavy (non-hydrogen) atoms. The Hall–Kier alpha value is -2.37. The third-order valence-corrected chi connectivity index (χ3v) is 13.1. The van der Waals surface area contributed by atoms with Gasteiger partial charge in [0.15, 0.2) is 6.10 Å². The molecule has 0 saturated heterocycles. The van der Waals surface area contributed by atoms with Crippen LogP contribution in [0.15, 0.2) is 36.5 Å². The minimum absolute atomic E-state index is 0.0708. The van der Waals surface area contributed by atoms with E-state index in [1.54, 1.807) is 0 Å². The molecule has 6 nitrogen and oxygen atoms in total. The number of rotatable bonds is 54. The van der Waals surface area contributed by atoms with E-state index in [2.05, 4.69) is 57.2 Å². The second-order valence-corrected chi connectivity index (χ2v) is 19.9. The number of unbranched alkanes of at least 4 members (excludes halogenated alkanes) is 37. The van der Waals surface area contributed by atoms with Gasteiger partial charge in [0, 0.05) is 19.3 Å². The molecule has 0 heterocycles. The third kappa shape index (κ3) is 54.4. The van der Waals surface area contributed by atoms with Crippen molar-refractivity contribution in [2.75, 3.05) is 13.2 Å². The lowest BCUT2D eigenvalue weighted by Crippen LogP contribution is -2.30. The lowest BCUT2D eigenvalue weighted by molar-refractivity contribution is -0.167. The highest BCUT2D eigenvalue weighted by Crippen LogP contribution is 2.16. The van der Waals surface area contributed by atoms with Crippen molar-refractivity contribution in [2.24, 2.45) is 0 Å². The average Bonchev–Trinajstić information content (AvgIpc) is 3.33. The van der Waals surface area contributed by atoms with Crippen LogP contribution in [0.2, 0.25) is 0 Å². The predicted molar refractivity (Wildman–Crippen MR) is 289 cm³/mol. The van der Waals surface area contributed by atoms with Crippen molar-refractivity contribution in [1.82, 2.24) is 0 Å². The molecule has 0 aromatic carbocycles. The molecular formula is C61H112O6. The van der Waals surface area contributed by atoms with E-state index in [1.807, 2.05) is 0 Å². The smallest absolute Gasteiger partial charge is 0.306 e. The summed E-state index contributed by atoms with van der Waals surface area (Å²) >= 11 is 0. The molecule has 0 rings (SSSR count). The van der Waals surface area contributed by atoms with Gasteiger partial charge in [0.25, 0.3) is 0 Å². The zero-order chi connectivity index (χ0) is 48.6. The first-order valence-corrected chi connectivity index (χ1v) is 29.5. The highest BCUT2D eigenvalue weighted by atomic mass is 16.6. The van der Waals surface area contributed by atoms with Crippen molar-refractivity contribution in [3.63, 3.8) is 0 Å². The molecule has 0 radical (unpaired) electrons. The van der Waals surface area contributed by atoms with Crippen molar-refractivity contribution in [3.8, 4) is 0 Å². The van der Waals surface area contributed by atoms with Crippen LogP contribution in [0.4, 0.5) is 0 Å². The molecule has 0 saturated carbocycles. The summed E-state index contributed by atoms with van der Waals surface area (Å²) < 4.78 is 16.8. The Labute approximate surface area is 416 Å². The van der Waals surface area contributed by atoms with E-state index >= 15 is 0 Å². The van der Waals surface area contributed by atoms with Crippen LogP contribution in [-0.4, -0.2) is 37.2 Å². The molecule has 0 fully saturated rings. The van der Waals surface area contributed by atoms with Crippen LogP contribution in [0.1, 0.15) is 316 Å². The van der Waals surface area contributed by atoms with Gasteiger partial charge in [-0.05, 0) is 77.0 Å². The number of hydrogen-bond acceptors (Lipinski definition) is 6. The topological polar surface area (TPSA) is 78.9 Å². The minimum Gasteiger partial charge on any atom is -0.462 e. The van der Waals surface area contributed by atoms with Gasteiger partial charge in [-0.25, -0.2) is 0 Å². The van der Waals surface area contributed by atoms with Crippen LogP contribution in [0, 0.1) is 0 Å². The number of hydrogen-bond donors (Lipinski definition) is 0. The molecule has 392 valence electrons. The molecular weight excluding hydrogens is 829 g/mol. The van der Waals surface area contributed by atoms with E-state index in [0.717, 1.165) is 64.2 Å². The minimum atomic E-state index is -0.769. The normalized spacial score (nSPS) is 12.2. The first kappa shape index (κ1) is 64.6. The van der Waals surface area contributed by atoms with Crippen LogP contribution in [0.25, 0.3) is 0 Å². The summed E-state index contributed by atoms with van der Waals surface area (Å²) in [5.74, 6) is -0.866. The van der Waals surface area contributed by atoms with Gasteiger partial charge in [-0.15, -0.1) is 0 Å². The molecule has 0 amide bonds. The Morgan fingerprint density at radius 2 is 0.537 bits per heavy atom. The summed E-state index contributed by atoms with van der Waals surface area (Å²) in [4.78, 5) is 38.0. The maximum atomic E-state index is 12.8. The highest BCUT2D eigenvalue weighted by Gasteiger charge is 2.19. The summed E-state index contributed by atoms with van der Waals surface area (Å²) in [5.41, 5.74) is 0. The van der Waals surface area contributed by atoms with Gasteiger partial charge in [0.05, 0.1) is 0 Å². The number of allylic oxidation sites excluding steroid dienone is 6. The molecule has 0 aromatic rings. The second kappa shape index (κ2) is 56.2. The average molecular weight is 942 g/mol. The first-order valence-electron chi connectivity index (χ1n) is 29.5. The van der Waals surface area contributed by atoms with Gasteiger partial charge in [-0.2, -0.15) is 0 Å². The summed E-state index contributed by atoms with van der Waals surface area (Å²) in [5, 5.41) is 0. The van der Waals surface area contributed by atoms with Gasteiger partial charge >= 0.3 is 17.9 Å². The van der Waals surface area contributed by atoms with Gasteiger partial charge < -0.3 is 14.2 Å². The van der Waals surface area contributed by atoms with E-state index in [-0.39, 0.29) is 31.1 Å². The van der Waals surface area contributed by atoms with E-state index in [4.69, 9.17) is 14.2 Å². The van der Waals surface area contributed by atoms with E-state index < -0.39 is 6.10 Å². The van der Waals surface area contributed by atoms with E-state index in [1.165, 1.54) is 212 Å². The lowest BCUT2D eigenvalue weighted by Gasteiger charge is -2.18. The van der Waals surface area contributed by atoms with Crippen molar-refractivity contribution >= 4 is 17.9 Å². The van der Waals surface area contributed by atoms with Crippen LogP contribution < -0.4 is 0 Å². The van der Waals surface area contributed by atoms with Crippen molar-refractivity contribution in [1.29, 1.82) is 0 Å². The molecule has 0 aliphatic rings. The highest BCUT2D eigenvalue weighted by molar-refractivity contribution is 5.71. The molecule has 0 N–H and O–H groups in total. The summed E-state index contributed by atoms with van der Waals surface area (Å²) in [6.45, 7) is 6.62. The largest absolute Gasteiger partial charge is 0.462 e. The first-order chi connectivity index (χ1) is 33.0. The van der Waals surface area contributed by atoms with Crippen molar-refractivity contribution < 1.29 is 28.6 Å². The molecule has 0 aliphatic heterocycles. The van der Waals surface area contributed by atoms with Crippen molar-refractivity contribution in [3.05, 3.63) is 36.5 Å².